The van der Waals surface area contributed by atoms with Crippen LogP contribution in [0.3, 0.4) is 0 Å². The van der Waals surface area contributed by atoms with Crippen LogP contribution in [0.5, 0.6) is 0 Å². The third kappa shape index (κ3) is 5.77. The van der Waals surface area contributed by atoms with Gasteiger partial charge in [0.2, 0.25) is 5.91 Å². The van der Waals surface area contributed by atoms with Gasteiger partial charge < -0.3 is 11.1 Å². The van der Waals surface area contributed by atoms with Gasteiger partial charge in [0.05, 0.1) is 12.1 Å². The quantitative estimate of drug-likeness (QED) is 0.847. The highest BCUT2D eigenvalue weighted by Crippen LogP contribution is 2.18. The number of carbonyl (C=O) groups is 1. The average molecular weight is 295 g/mol. The Labute approximate surface area is 117 Å². The highest BCUT2D eigenvalue weighted by Gasteiger charge is 2.16. The summed E-state index contributed by atoms with van der Waals surface area (Å²) in [7, 11) is 0. The zero-order valence-corrected chi connectivity index (χ0v) is 12.5. The second kappa shape index (κ2) is 8.80. The Morgan fingerprint density at radius 2 is 2.35 bits per heavy atom. The summed E-state index contributed by atoms with van der Waals surface area (Å²) in [5, 5.41) is 4.93. The van der Waals surface area contributed by atoms with Crippen molar-refractivity contribution in [3.8, 4) is 0 Å². The number of halogens is 1. The molecule has 3 nitrogen and oxygen atoms in total. The zero-order valence-electron chi connectivity index (χ0n) is 10.0. The van der Waals surface area contributed by atoms with Crippen LogP contribution in [0.4, 0.5) is 0 Å². The van der Waals surface area contributed by atoms with Crippen molar-refractivity contribution >= 4 is 41.4 Å². The normalized spacial score (nSPS) is 13.6. The molecule has 2 atom stereocenters. The summed E-state index contributed by atoms with van der Waals surface area (Å²) in [5.41, 5.74) is 5.78. The van der Waals surface area contributed by atoms with Gasteiger partial charge in [-0.2, -0.15) is 11.8 Å². The first kappa shape index (κ1) is 16.8. The van der Waals surface area contributed by atoms with Gasteiger partial charge in [-0.15, -0.1) is 23.7 Å². The minimum atomic E-state index is -0.394. The lowest BCUT2D eigenvalue weighted by Crippen LogP contribution is -2.41. The number of rotatable bonds is 6. The average Bonchev–Trinajstić information content (AvgIpc) is 2.79. The summed E-state index contributed by atoms with van der Waals surface area (Å²) in [6.07, 6.45) is 2.74. The summed E-state index contributed by atoms with van der Waals surface area (Å²) in [5.74, 6) is 0.858. The van der Waals surface area contributed by atoms with Crippen molar-refractivity contribution in [2.45, 2.75) is 25.4 Å². The number of nitrogens with one attached hydrogen (secondary N) is 1. The maximum Gasteiger partial charge on any atom is 0.237 e. The van der Waals surface area contributed by atoms with Crippen molar-refractivity contribution in [3.05, 3.63) is 22.4 Å². The van der Waals surface area contributed by atoms with Crippen molar-refractivity contribution in [1.82, 2.24) is 5.32 Å². The standard InChI is InChI=1S/C11H18N2OS2.ClH/c1-8(10-4-3-6-16-10)13-11(14)9(12)5-7-15-2;/h3-4,6,8-9H,5,7,12H2,1-2H3,(H,13,14);1H/t8?,9-;/m0./s1. The van der Waals surface area contributed by atoms with Crippen molar-refractivity contribution < 1.29 is 4.79 Å². The number of carbonyl (C=O) groups excluding carboxylic acids is 1. The molecule has 1 aromatic heterocycles. The molecule has 6 heteroatoms. The molecule has 0 aliphatic carbocycles. The molecule has 3 N–H and O–H groups in total. The molecule has 0 radical (unpaired) electrons. The molecule has 1 rings (SSSR count). The lowest BCUT2D eigenvalue weighted by Gasteiger charge is -2.16. The van der Waals surface area contributed by atoms with Crippen LogP contribution in [-0.2, 0) is 4.79 Å². The topological polar surface area (TPSA) is 55.1 Å². The van der Waals surface area contributed by atoms with E-state index in [2.05, 4.69) is 5.32 Å². The molecule has 0 spiro atoms. The molecule has 1 aromatic rings. The van der Waals surface area contributed by atoms with Crippen molar-refractivity contribution in [1.29, 1.82) is 0 Å². The Morgan fingerprint density at radius 1 is 1.65 bits per heavy atom. The Bertz CT molecular complexity index is 319. The van der Waals surface area contributed by atoms with E-state index in [4.69, 9.17) is 5.73 Å². The van der Waals surface area contributed by atoms with Crippen LogP contribution >= 0.6 is 35.5 Å². The van der Waals surface area contributed by atoms with E-state index in [0.717, 1.165) is 17.1 Å². The van der Waals surface area contributed by atoms with Crippen LogP contribution in [0.1, 0.15) is 24.3 Å². The molecule has 98 valence electrons. The Balaban J connectivity index is 0.00000256. The van der Waals surface area contributed by atoms with Gasteiger partial charge in [-0.05, 0) is 36.8 Å². The molecule has 1 unspecified atom stereocenters. The largest absolute Gasteiger partial charge is 0.347 e. The Morgan fingerprint density at radius 3 is 2.88 bits per heavy atom. The zero-order chi connectivity index (χ0) is 12.0. The van der Waals surface area contributed by atoms with Crippen LogP contribution in [0.2, 0.25) is 0 Å². The number of hydrogen-bond acceptors (Lipinski definition) is 4. The van der Waals surface area contributed by atoms with Crippen molar-refractivity contribution in [3.63, 3.8) is 0 Å². The molecular formula is C11H19ClN2OS2. The summed E-state index contributed by atoms with van der Waals surface area (Å²) in [6, 6.07) is 3.65. The minimum absolute atomic E-state index is 0. The van der Waals surface area contributed by atoms with Gasteiger partial charge >= 0.3 is 0 Å². The van der Waals surface area contributed by atoms with E-state index < -0.39 is 6.04 Å². The Kier molecular flexibility index (Phi) is 8.68. The second-order valence-corrected chi connectivity index (χ2v) is 5.60. The van der Waals surface area contributed by atoms with Crippen molar-refractivity contribution in [2.24, 2.45) is 5.73 Å². The molecule has 0 saturated carbocycles. The van der Waals surface area contributed by atoms with E-state index in [1.54, 1.807) is 23.1 Å². The number of thiophene rings is 1. The van der Waals surface area contributed by atoms with Gasteiger partial charge in [0, 0.05) is 4.88 Å². The second-order valence-electron chi connectivity index (χ2n) is 3.63. The van der Waals surface area contributed by atoms with Gasteiger partial charge in [-0.3, -0.25) is 4.79 Å². The third-order valence-corrected chi connectivity index (χ3v) is 4.00. The molecule has 1 amide bonds. The highest BCUT2D eigenvalue weighted by molar-refractivity contribution is 7.98. The van der Waals surface area contributed by atoms with Gasteiger partial charge in [0.15, 0.2) is 0 Å². The number of hydrogen-bond donors (Lipinski definition) is 2. The first-order valence-corrected chi connectivity index (χ1v) is 7.50. The van der Waals surface area contributed by atoms with Crippen LogP contribution < -0.4 is 11.1 Å². The van der Waals surface area contributed by atoms with Gasteiger partial charge in [0.1, 0.15) is 0 Å². The van der Waals surface area contributed by atoms with Crippen LogP contribution in [0.15, 0.2) is 17.5 Å². The molecular weight excluding hydrogens is 276 g/mol. The molecule has 0 aromatic carbocycles. The highest BCUT2D eigenvalue weighted by atomic mass is 35.5. The van der Waals surface area contributed by atoms with Crippen LogP contribution in [0, 0.1) is 0 Å². The maximum atomic E-state index is 11.7. The summed E-state index contributed by atoms with van der Waals surface area (Å²) in [4.78, 5) is 12.9. The lowest BCUT2D eigenvalue weighted by atomic mass is 10.2. The first-order chi connectivity index (χ1) is 7.65. The molecule has 17 heavy (non-hydrogen) atoms. The van der Waals surface area contributed by atoms with Gasteiger partial charge in [0.25, 0.3) is 0 Å². The fourth-order valence-corrected chi connectivity index (χ4v) is 2.53. The molecule has 1 heterocycles. The SMILES string of the molecule is CSCC[C@H](N)C(=O)NC(C)c1cccs1.Cl. The third-order valence-electron chi connectivity index (χ3n) is 2.30. The van der Waals surface area contributed by atoms with Crippen molar-refractivity contribution in [2.75, 3.05) is 12.0 Å². The fraction of sp³-hybridized carbons (Fsp3) is 0.545. The minimum Gasteiger partial charge on any atom is -0.347 e. The Hall–Kier alpha value is -0.230. The molecule has 0 aliphatic rings. The number of amides is 1. The van der Waals surface area contributed by atoms with E-state index in [1.165, 1.54) is 0 Å². The summed E-state index contributed by atoms with van der Waals surface area (Å²) >= 11 is 3.35. The first-order valence-electron chi connectivity index (χ1n) is 5.23. The van der Waals surface area contributed by atoms with Gasteiger partial charge in [-0.1, -0.05) is 6.07 Å². The van der Waals surface area contributed by atoms with E-state index in [0.29, 0.717) is 0 Å². The van der Waals surface area contributed by atoms with E-state index in [1.807, 2.05) is 30.7 Å². The smallest absolute Gasteiger partial charge is 0.237 e. The molecule has 0 aliphatic heterocycles. The van der Waals surface area contributed by atoms with E-state index >= 15 is 0 Å². The maximum absolute atomic E-state index is 11.7. The van der Waals surface area contributed by atoms with Crippen LogP contribution in [0.25, 0.3) is 0 Å². The van der Waals surface area contributed by atoms with E-state index in [9.17, 15) is 4.79 Å². The molecule has 0 bridgehead atoms. The molecule has 0 fully saturated rings. The summed E-state index contributed by atoms with van der Waals surface area (Å²) in [6.45, 7) is 1.98. The molecule has 0 saturated heterocycles. The number of nitrogens with two attached hydrogens (primary N) is 1. The monoisotopic (exact) mass is 294 g/mol. The summed E-state index contributed by atoms with van der Waals surface area (Å²) < 4.78 is 0. The van der Waals surface area contributed by atoms with E-state index in [-0.39, 0.29) is 24.4 Å². The number of thioether (sulfide) groups is 1. The predicted octanol–water partition coefficient (Wildman–Crippen LogP) is 2.43. The predicted molar refractivity (Wildman–Crippen MR) is 79.1 cm³/mol. The fourth-order valence-electron chi connectivity index (χ4n) is 1.31. The van der Waals surface area contributed by atoms with Gasteiger partial charge in [-0.25, -0.2) is 0 Å². The lowest BCUT2D eigenvalue weighted by molar-refractivity contribution is -0.123. The van der Waals surface area contributed by atoms with Crippen LogP contribution in [-0.4, -0.2) is 24.0 Å².